The Balaban J connectivity index is 1.61. The summed E-state index contributed by atoms with van der Waals surface area (Å²) in [5, 5.41) is 9.79. The lowest BCUT2D eigenvalue weighted by Crippen LogP contribution is -2.28. The van der Waals surface area contributed by atoms with E-state index in [1.54, 1.807) is 12.1 Å². The van der Waals surface area contributed by atoms with E-state index in [1.807, 2.05) is 52.0 Å². The van der Waals surface area contributed by atoms with Crippen molar-refractivity contribution in [3.63, 3.8) is 0 Å². The van der Waals surface area contributed by atoms with E-state index < -0.39 is 11.2 Å². The second-order valence-electron chi connectivity index (χ2n) is 15.4. The van der Waals surface area contributed by atoms with Crippen molar-refractivity contribution >= 4 is 11.9 Å². The molecular formula is C43H68O6. The third-order valence-electron chi connectivity index (χ3n) is 9.55. The Morgan fingerprint density at radius 3 is 2.00 bits per heavy atom. The molecular weight excluding hydrogens is 612 g/mol. The number of ether oxygens (including phenoxy) is 3. The number of unbranched alkanes of at least 4 members (excludes halogenated alkanes) is 7. The van der Waals surface area contributed by atoms with E-state index in [0.717, 1.165) is 69.5 Å². The van der Waals surface area contributed by atoms with Crippen LogP contribution in [0.25, 0.3) is 0 Å². The summed E-state index contributed by atoms with van der Waals surface area (Å²) in [6.45, 7) is 15.1. The maximum atomic E-state index is 12.8. The minimum absolute atomic E-state index is 0.135. The van der Waals surface area contributed by atoms with Crippen LogP contribution in [0.5, 0.6) is 11.5 Å². The maximum absolute atomic E-state index is 12.8. The van der Waals surface area contributed by atoms with Gasteiger partial charge in [0.15, 0.2) is 0 Å². The van der Waals surface area contributed by atoms with Crippen LogP contribution in [0.15, 0.2) is 48.5 Å². The molecule has 0 fully saturated rings. The van der Waals surface area contributed by atoms with Gasteiger partial charge >= 0.3 is 11.9 Å². The summed E-state index contributed by atoms with van der Waals surface area (Å²) >= 11 is 0. The predicted molar refractivity (Wildman–Crippen MR) is 202 cm³/mol. The van der Waals surface area contributed by atoms with Crippen molar-refractivity contribution < 1.29 is 28.9 Å². The summed E-state index contributed by atoms with van der Waals surface area (Å²) in [6, 6.07) is 15.1. The highest BCUT2D eigenvalue weighted by atomic mass is 16.6. The fourth-order valence-corrected chi connectivity index (χ4v) is 6.22. The first kappa shape index (κ1) is 42.3. The first-order chi connectivity index (χ1) is 23.3. The maximum Gasteiger partial charge on any atom is 0.343 e. The largest absolute Gasteiger partial charge is 0.494 e. The van der Waals surface area contributed by atoms with Crippen molar-refractivity contribution in [3.05, 3.63) is 59.7 Å². The molecule has 1 N–H and O–H groups in total. The number of rotatable bonds is 26. The molecule has 0 aliphatic rings. The Labute approximate surface area is 298 Å². The SMILES string of the molecule is CCCCCC(CC)CCC(C)c1ccc(OC(=O)c2ccc(OCCCCCCC(C)(C)OC(=O)CCCCCC(C)(C)O)cc2)cc1. The van der Waals surface area contributed by atoms with Crippen LogP contribution in [-0.4, -0.2) is 34.9 Å². The average molecular weight is 681 g/mol. The van der Waals surface area contributed by atoms with Crippen LogP contribution in [0, 0.1) is 5.92 Å². The van der Waals surface area contributed by atoms with Gasteiger partial charge in [-0.1, -0.05) is 90.7 Å². The summed E-state index contributed by atoms with van der Waals surface area (Å²) in [6.07, 6.45) is 17.7. The van der Waals surface area contributed by atoms with Crippen molar-refractivity contribution in [1.82, 2.24) is 0 Å². The van der Waals surface area contributed by atoms with E-state index in [2.05, 4.69) is 32.9 Å². The summed E-state index contributed by atoms with van der Waals surface area (Å²) in [4.78, 5) is 25.0. The molecule has 0 heterocycles. The molecule has 0 aliphatic carbocycles. The summed E-state index contributed by atoms with van der Waals surface area (Å²) in [5.41, 5.74) is 0.678. The van der Waals surface area contributed by atoms with Gasteiger partial charge in [-0.15, -0.1) is 0 Å². The van der Waals surface area contributed by atoms with Crippen LogP contribution in [0.2, 0.25) is 0 Å². The third-order valence-corrected chi connectivity index (χ3v) is 9.55. The van der Waals surface area contributed by atoms with E-state index in [-0.39, 0.29) is 11.9 Å². The minimum atomic E-state index is -0.642. The second-order valence-corrected chi connectivity index (χ2v) is 15.4. The van der Waals surface area contributed by atoms with Crippen LogP contribution in [0.3, 0.4) is 0 Å². The smallest absolute Gasteiger partial charge is 0.343 e. The van der Waals surface area contributed by atoms with Gasteiger partial charge in [-0.3, -0.25) is 4.79 Å². The van der Waals surface area contributed by atoms with Crippen molar-refractivity contribution in [1.29, 1.82) is 0 Å². The number of benzene rings is 2. The van der Waals surface area contributed by atoms with Crippen LogP contribution in [0.4, 0.5) is 0 Å². The first-order valence-corrected chi connectivity index (χ1v) is 19.3. The van der Waals surface area contributed by atoms with Crippen LogP contribution in [-0.2, 0) is 9.53 Å². The Morgan fingerprint density at radius 2 is 1.35 bits per heavy atom. The normalized spacial score (nSPS) is 13.1. The molecule has 0 amide bonds. The van der Waals surface area contributed by atoms with Gasteiger partial charge in [-0.05, 0) is 126 Å². The molecule has 49 heavy (non-hydrogen) atoms. The van der Waals surface area contributed by atoms with Crippen LogP contribution < -0.4 is 9.47 Å². The number of carbonyl (C=O) groups excluding carboxylic acids is 2. The van der Waals surface area contributed by atoms with Gasteiger partial charge in [-0.25, -0.2) is 4.79 Å². The first-order valence-electron chi connectivity index (χ1n) is 19.3. The fourth-order valence-electron chi connectivity index (χ4n) is 6.22. The molecule has 0 saturated carbocycles. The van der Waals surface area contributed by atoms with Crippen molar-refractivity contribution in [2.45, 2.75) is 175 Å². The Hall–Kier alpha value is -2.86. The Bertz CT molecular complexity index is 1180. The van der Waals surface area contributed by atoms with Crippen molar-refractivity contribution in [2.24, 2.45) is 5.92 Å². The number of carbonyl (C=O) groups is 2. The zero-order valence-corrected chi connectivity index (χ0v) is 32.0. The third kappa shape index (κ3) is 19.2. The molecule has 2 unspecified atom stereocenters. The minimum Gasteiger partial charge on any atom is -0.494 e. The molecule has 0 bridgehead atoms. The molecule has 276 valence electrons. The van der Waals surface area contributed by atoms with E-state index >= 15 is 0 Å². The number of aliphatic hydroxyl groups is 1. The lowest BCUT2D eigenvalue weighted by Gasteiger charge is -2.25. The van der Waals surface area contributed by atoms with Crippen LogP contribution in [0.1, 0.15) is 179 Å². The second kappa shape index (κ2) is 22.8. The summed E-state index contributed by atoms with van der Waals surface area (Å²) in [7, 11) is 0. The van der Waals surface area contributed by atoms with Gasteiger partial charge in [0.25, 0.3) is 0 Å². The highest BCUT2D eigenvalue weighted by Crippen LogP contribution is 2.28. The molecule has 2 rings (SSSR count). The van der Waals surface area contributed by atoms with E-state index in [9.17, 15) is 14.7 Å². The quantitative estimate of drug-likeness (QED) is 0.0605. The number of esters is 2. The molecule has 6 nitrogen and oxygen atoms in total. The molecule has 2 atom stereocenters. The topological polar surface area (TPSA) is 82.1 Å². The standard InChI is InChI=1S/C43H68O6/c1-8-10-14-19-35(9-2)22-21-34(3)36-23-29-39(30-24-36)48-41(45)37-25-27-38(28-26-37)47-33-18-12-11-17-32-43(6,7)49-40(44)20-15-13-16-31-42(4,5)46/h23-30,34-35,46H,8-22,31-33H2,1-7H3. The van der Waals surface area contributed by atoms with Gasteiger partial charge in [-0.2, -0.15) is 0 Å². The Morgan fingerprint density at radius 1 is 0.714 bits per heavy atom. The molecule has 0 radical (unpaired) electrons. The van der Waals surface area contributed by atoms with Crippen LogP contribution >= 0.6 is 0 Å². The summed E-state index contributed by atoms with van der Waals surface area (Å²) in [5.74, 6) is 2.09. The lowest BCUT2D eigenvalue weighted by molar-refractivity contribution is -0.157. The highest BCUT2D eigenvalue weighted by molar-refractivity contribution is 5.91. The molecule has 2 aromatic rings. The van der Waals surface area contributed by atoms with Gasteiger partial charge in [0.2, 0.25) is 0 Å². The van der Waals surface area contributed by atoms with E-state index in [1.165, 1.54) is 50.5 Å². The molecule has 2 aromatic carbocycles. The number of hydrogen-bond donors (Lipinski definition) is 1. The fraction of sp³-hybridized carbons (Fsp3) is 0.674. The number of hydrogen-bond acceptors (Lipinski definition) is 6. The highest BCUT2D eigenvalue weighted by Gasteiger charge is 2.22. The zero-order valence-electron chi connectivity index (χ0n) is 32.0. The molecule has 0 aromatic heterocycles. The summed E-state index contributed by atoms with van der Waals surface area (Å²) < 4.78 is 17.3. The lowest BCUT2D eigenvalue weighted by atomic mass is 9.88. The zero-order chi connectivity index (χ0) is 36.1. The van der Waals surface area contributed by atoms with Gasteiger partial charge in [0.05, 0.1) is 17.8 Å². The molecule has 0 spiro atoms. The molecule has 0 saturated heterocycles. The average Bonchev–Trinajstić information content (AvgIpc) is 3.05. The van der Waals surface area contributed by atoms with E-state index in [0.29, 0.717) is 30.3 Å². The van der Waals surface area contributed by atoms with Gasteiger partial charge in [0.1, 0.15) is 17.1 Å². The monoisotopic (exact) mass is 681 g/mol. The van der Waals surface area contributed by atoms with Crippen molar-refractivity contribution in [3.8, 4) is 11.5 Å². The molecule has 0 aliphatic heterocycles. The van der Waals surface area contributed by atoms with Crippen molar-refractivity contribution in [2.75, 3.05) is 6.61 Å². The van der Waals surface area contributed by atoms with Gasteiger partial charge in [0, 0.05) is 6.42 Å². The Kier molecular flexibility index (Phi) is 19.7. The predicted octanol–water partition coefficient (Wildman–Crippen LogP) is 11.8. The molecule has 6 heteroatoms. The van der Waals surface area contributed by atoms with E-state index in [4.69, 9.17) is 14.2 Å². The van der Waals surface area contributed by atoms with Gasteiger partial charge < -0.3 is 19.3 Å².